The van der Waals surface area contributed by atoms with Crippen LogP contribution in [0.2, 0.25) is 10.0 Å². The number of halogens is 2. The topological polar surface area (TPSA) is 76.1 Å². The number of nitrogens with one attached hydrogen (secondary N) is 2. The molecule has 142 valence electrons. The molecule has 0 amide bonds. The molecule has 0 bridgehead atoms. The van der Waals surface area contributed by atoms with Crippen LogP contribution in [-0.4, -0.2) is 9.97 Å². The molecule has 0 fully saturated rings. The van der Waals surface area contributed by atoms with Crippen LogP contribution in [-0.2, 0) is 12.8 Å². The molecule has 2 N–H and O–H groups in total. The number of anilines is 2. The molecule has 0 aliphatic rings. The molecular formula is C20H16Cl2N4O2. The Kier molecular flexibility index (Phi) is 5.50. The first-order valence-corrected chi connectivity index (χ1v) is 9.30. The molecule has 2 aromatic heterocycles. The third kappa shape index (κ3) is 4.85. The van der Waals surface area contributed by atoms with Crippen LogP contribution in [0.5, 0.6) is 0 Å². The van der Waals surface area contributed by atoms with E-state index in [1.54, 1.807) is 12.4 Å². The molecule has 2 aromatic carbocycles. The van der Waals surface area contributed by atoms with Gasteiger partial charge >= 0.3 is 12.0 Å². The second-order valence-corrected chi connectivity index (χ2v) is 6.99. The van der Waals surface area contributed by atoms with Gasteiger partial charge in [0, 0.05) is 22.9 Å². The Morgan fingerprint density at radius 1 is 0.643 bits per heavy atom. The van der Waals surface area contributed by atoms with Crippen LogP contribution in [0.3, 0.4) is 0 Å². The Labute approximate surface area is 171 Å². The highest BCUT2D eigenvalue weighted by atomic mass is 35.5. The molecule has 6 nitrogen and oxygen atoms in total. The van der Waals surface area contributed by atoms with Crippen molar-refractivity contribution in [2.45, 2.75) is 12.8 Å². The van der Waals surface area contributed by atoms with E-state index >= 15 is 0 Å². The SMILES string of the molecule is Clc1ccc(Cc2cnc(NNc3ncc(Cc4ccc(Cl)cc4)o3)o2)cc1. The smallest absolute Gasteiger partial charge is 0.314 e. The summed E-state index contributed by atoms with van der Waals surface area (Å²) < 4.78 is 11.3. The van der Waals surface area contributed by atoms with Crippen LogP contribution in [0, 0.1) is 0 Å². The molecule has 0 aliphatic heterocycles. The van der Waals surface area contributed by atoms with Gasteiger partial charge in [-0.15, -0.1) is 0 Å². The van der Waals surface area contributed by atoms with Gasteiger partial charge < -0.3 is 8.83 Å². The maximum atomic E-state index is 5.90. The van der Waals surface area contributed by atoms with E-state index in [4.69, 9.17) is 32.0 Å². The summed E-state index contributed by atoms with van der Waals surface area (Å²) in [6.45, 7) is 0. The lowest BCUT2D eigenvalue weighted by molar-refractivity contribution is 0.517. The average Bonchev–Trinajstić information content (AvgIpc) is 3.33. The van der Waals surface area contributed by atoms with Gasteiger partial charge in [-0.2, -0.15) is 0 Å². The van der Waals surface area contributed by atoms with Crippen LogP contribution in [0.1, 0.15) is 22.6 Å². The molecule has 0 radical (unpaired) electrons. The molecule has 4 aromatic rings. The van der Waals surface area contributed by atoms with Crippen molar-refractivity contribution in [3.63, 3.8) is 0 Å². The monoisotopic (exact) mass is 414 g/mol. The molecule has 0 aliphatic carbocycles. The number of oxazole rings is 2. The van der Waals surface area contributed by atoms with Crippen molar-refractivity contribution in [3.8, 4) is 0 Å². The number of hydrogen-bond acceptors (Lipinski definition) is 6. The fourth-order valence-corrected chi connectivity index (χ4v) is 2.86. The minimum Gasteiger partial charge on any atom is -0.427 e. The summed E-state index contributed by atoms with van der Waals surface area (Å²) in [5, 5.41) is 1.41. The van der Waals surface area contributed by atoms with Crippen molar-refractivity contribution in [1.29, 1.82) is 0 Å². The molecular weight excluding hydrogens is 399 g/mol. The number of hydrazine groups is 1. The highest BCUT2D eigenvalue weighted by Crippen LogP contribution is 2.18. The first-order chi connectivity index (χ1) is 13.6. The lowest BCUT2D eigenvalue weighted by Gasteiger charge is -2.01. The van der Waals surface area contributed by atoms with Gasteiger partial charge in [-0.3, -0.25) is 0 Å². The van der Waals surface area contributed by atoms with Gasteiger partial charge in [0.2, 0.25) is 0 Å². The molecule has 0 saturated carbocycles. The summed E-state index contributed by atoms with van der Waals surface area (Å²) in [6, 6.07) is 15.8. The third-order valence-electron chi connectivity index (χ3n) is 3.97. The van der Waals surface area contributed by atoms with E-state index in [1.807, 2.05) is 48.5 Å². The summed E-state index contributed by atoms with van der Waals surface area (Å²) in [5.74, 6) is 1.45. The summed E-state index contributed by atoms with van der Waals surface area (Å²) in [7, 11) is 0. The van der Waals surface area contributed by atoms with Crippen molar-refractivity contribution in [1.82, 2.24) is 9.97 Å². The van der Waals surface area contributed by atoms with Crippen molar-refractivity contribution >= 4 is 35.2 Å². The van der Waals surface area contributed by atoms with E-state index in [0.717, 1.165) is 22.6 Å². The van der Waals surface area contributed by atoms with Gasteiger partial charge in [-0.1, -0.05) is 47.5 Å². The Morgan fingerprint density at radius 2 is 1.04 bits per heavy atom. The zero-order chi connectivity index (χ0) is 19.3. The molecule has 8 heteroatoms. The van der Waals surface area contributed by atoms with Gasteiger partial charge in [-0.25, -0.2) is 20.8 Å². The summed E-state index contributed by atoms with van der Waals surface area (Å²) in [4.78, 5) is 8.36. The predicted octanol–water partition coefficient (Wildman–Crippen LogP) is 5.59. The van der Waals surface area contributed by atoms with Crippen molar-refractivity contribution in [3.05, 3.63) is 93.6 Å². The van der Waals surface area contributed by atoms with E-state index in [-0.39, 0.29) is 0 Å². The van der Waals surface area contributed by atoms with Gasteiger partial charge in [0.15, 0.2) is 0 Å². The minimum absolute atomic E-state index is 0.321. The van der Waals surface area contributed by atoms with Gasteiger partial charge in [0.1, 0.15) is 11.5 Å². The normalized spacial score (nSPS) is 10.8. The third-order valence-corrected chi connectivity index (χ3v) is 4.47. The van der Waals surface area contributed by atoms with Crippen molar-refractivity contribution in [2.75, 3.05) is 10.9 Å². The van der Waals surface area contributed by atoms with Gasteiger partial charge in [0.25, 0.3) is 0 Å². The van der Waals surface area contributed by atoms with E-state index < -0.39 is 0 Å². The lowest BCUT2D eigenvalue weighted by atomic mass is 10.1. The molecule has 0 unspecified atom stereocenters. The standard InChI is InChI=1S/C20H16Cl2N4O2/c21-15-5-1-13(2-6-15)9-17-11-23-19(27-17)25-26-20-24-12-18(28-20)10-14-3-7-16(22)8-4-14/h1-8,11-12H,9-10H2,(H,23,25)(H,24,26). The van der Waals surface area contributed by atoms with E-state index in [9.17, 15) is 0 Å². The quantitative estimate of drug-likeness (QED) is 0.383. The van der Waals surface area contributed by atoms with Crippen LogP contribution < -0.4 is 10.9 Å². The molecule has 4 rings (SSSR count). The fourth-order valence-electron chi connectivity index (χ4n) is 2.61. The molecule has 2 heterocycles. The zero-order valence-corrected chi connectivity index (χ0v) is 16.2. The number of nitrogens with zero attached hydrogens (tertiary/aromatic N) is 2. The van der Waals surface area contributed by atoms with Crippen LogP contribution in [0.4, 0.5) is 12.0 Å². The fraction of sp³-hybridized carbons (Fsp3) is 0.100. The molecule has 0 saturated heterocycles. The maximum absolute atomic E-state index is 5.90. The van der Waals surface area contributed by atoms with E-state index in [1.165, 1.54) is 0 Å². The van der Waals surface area contributed by atoms with Gasteiger partial charge in [0.05, 0.1) is 12.4 Å². The van der Waals surface area contributed by atoms with E-state index in [2.05, 4.69) is 20.8 Å². The largest absolute Gasteiger partial charge is 0.427 e. The summed E-state index contributed by atoms with van der Waals surface area (Å²) in [6.07, 6.45) is 4.58. The Balaban J connectivity index is 1.31. The summed E-state index contributed by atoms with van der Waals surface area (Å²) >= 11 is 11.8. The highest BCUT2D eigenvalue weighted by molar-refractivity contribution is 6.30. The Hall–Kier alpha value is -2.96. The zero-order valence-electron chi connectivity index (χ0n) is 14.7. The first-order valence-electron chi connectivity index (χ1n) is 8.54. The predicted molar refractivity (Wildman–Crippen MR) is 109 cm³/mol. The maximum Gasteiger partial charge on any atom is 0.314 e. The lowest BCUT2D eigenvalue weighted by Crippen LogP contribution is -2.08. The molecule has 0 spiro atoms. The van der Waals surface area contributed by atoms with Crippen molar-refractivity contribution < 1.29 is 8.83 Å². The van der Waals surface area contributed by atoms with Gasteiger partial charge in [-0.05, 0) is 35.4 Å². The number of benzene rings is 2. The molecule has 0 atom stereocenters. The molecule has 28 heavy (non-hydrogen) atoms. The number of aromatic nitrogens is 2. The summed E-state index contributed by atoms with van der Waals surface area (Å²) in [5.41, 5.74) is 7.84. The second-order valence-electron chi connectivity index (χ2n) is 6.12. The Bertz CT molecular complexity index is 957. The number of rotatable bonds is 7. The highest BCUT2D eigenvalue weighted by Gasteiger charge is 2.08. The van der Waals surface area contributed by atoms with Crippen LogP contribution >= 0.6 is 23.2 Å². The second kappa shape index (κ2) is 8.37. The van der Waals surface area contributed by atoms with Crippen LogP contribution in [0.15, 0.2) is 69.8 Å². The number of hydrogen-bond donors (Lipinski definition) is 2. The van der Waals surface area contributed by atoms with Crippen LogP contribution in [0.25, 0.3) is 0 Å². The Morgan fingerprint density at radius 3 is 1.43 bits per heavy atom. The minimum atomic E-state index is 0.321. The average molecular weight is 415 g/mol. The van der Waals surface area contributed by atoms with E-state index in [0.29, 0.717) is 34.9 Å². The first kappa shape index (κ1) is 18.4. The van der Waals surface area contributed by atoms with Crippen molar-refractivity contribution in [2.24, 2.45) is 0 Å².